The number of nitrogens with zero attached hydrogens (tertiary/aromatic N) is 2. The molecule has 1 aliphatic heterocycles. The number of fused-ring (bicyclic) bond motifs is 2. The van der Waals surface area contributed by atoms with Crippen molar-refractivity contribution in [3.05, 3.63) is 96.3 Å². The number of H-pyrrole nitrogens is 1. The Bertz CT molecular complexity index is 1690. The smallest absolute Gasteiger partial charge is 0.338 e. The van der Waals surface area contributed by atoms with Crippen molar-refractivity contribution in [2.24, 2.45) is 4.99 Å². The highest BCUT2D eigenvalue weighted by Crippen LogP contribution is 2.32. The number of allylic oxidation sites excluding steroid dienone is 1. The van der Waals surface area contributed by atoms with Crippen LogP contribution in [-0.4, -0.2) is 28.7 Å². The fourth-order valence-electron chi connectivity index (χ4n) is 4.58. The normalized spacial score (nSPS) is 15.8. The zero-order valence-corrected chi connectivity index (χ0v) is 21.6. The number of rotatable bonds is 5. The number of ether oxygens (including phenoxy) is 2. The standard InChI is InChI=1S/C28H27N3O4S/c1-15(2)35-27(33)24-17(4)30-28-31(25(24)18-10-12-19(34-5)13-11-18)26(32)23(36-28)14-21-16(3)29-22-9-7-6-8-20(21)22/h6-15,25,29H,1-5H3/b23-14-. The number of aromatic nitrogens is 2. The van der Waals surface area contributed by atoms with Crippen molar-refractivity contribution >= 4 is 34.3 Å². The van der Waals surface area contributed by atoms with Crippen molar-refractivity contribution in [3.8, 4) is 5.75 Å². The van der Waals surface area contributed by atoms with Crippen LogP contribution in [0.2, 0.25) is 0 Å². The first-order valence-electron chi connectivity index (χ1n) is 11.7. The van der Waals surface area contributed by atoms with Crippen molar-refractivity contribution in [1.29, 1.82) is 0 Å². The molecular formula is C28H27N3O4S. The van der Waals surface area contributed by atoms with E-state index in [2.05, 4.69) is 9.98 Å². The summed E-state index contributed by atoms with van der Waals surface area (Å²) >= 11 is 1.32. The summed E-state index contributed by atoms with van der Waals surface area (Å²) in [6.07, 6.45) is 1.61. The lowest BCUT2D eigenvalue weighted by Gasteiger charge is -2.25. The van der Waals surface area contributed by atoms with Gasteiger partial charge in [0.05, 0.1) is 35.1 Å². The molecule has 1 N–H and O–H groups in total. The van der Waals surface area contributed by atoms with E-state index in [1.54, 1.807) is 32.4 Å². The van der Waals surface area contributed by atoms with Gasteiger partial charge in [0.1, 0.15) is 5.75 Å². The molecule has 0 saturated heterocycles. The molecule has 1 unspecified atom stereocenters. The Morgan fingerprint density at radius 3 is 2.56 bits per heavy atom. The van der Waals surface area contributed by atoms with Crippen molar-refractivity contribution in [3.63, 3.8) is 0 Å². The van der Waals surface area contributed by atoms with Crippen molar-refractivity contribution in [2.45, 2.75) is 39.8 Å². The van der Waals surface area contributed by atoms with Crippen LogP contribution in [0.3, 0.4) is 0 Å². The van der Waals surface area contributed by atoms with Crippen LogP contribution in [0.4, 0.5) is 0 Å². The number of aromatic amines is 1. The van der Waals surface area contributed by atoms with E-state index in [0.29, 0.717) is 26.4 Å². The van der Waals surface area contributed by atoms with Gasteiger partial charge in [-0.3, -0.25) is 9.36 Å². The van der Waals surface area contributed by atoms with Crippen molar-refractivity contribution < 1.29 is 14.3 Å². The highest BCUT2D eigenvalue weighted by molar-refractivity contribution is 7.07. The summed E-state index contributed by atoms with van der Waals surface area (Å²) in [5, 5.41) is 1.05. The van der Waals surface area contributed by atoms with Gasteiger partial charge in [-0.1, -0.05) is 41.7 Å². The van der Waals surface area contributed by atoms with Crippen LogP contribution in [0, 0.1) is 6.92 Å². The molecule has 36 heavy (non-hydrogen) atoms. The first-order valence-corrected chi connectivity index (χ1v) is 12.5. The molecule has 3 heterocycles. The third-order valence-corrected chi connectivity index (χ3v) is 7.22. The number of hydrogen-bond donors (Lipinski definition) is 1. The van der Waals surface area contributed by atoms with E-state index in [9.17, 15) is 9.59 Å². The number of nitrogens with one attached hydrogen (secondary N) is 1. The number of benzene rings is 2. The average molecular weight is 502 g/mol. The number of carbonyl (C=O) groups is 1. The fraction of sp³-hybridized carbons (Fsp3) is 0.250. The van der Waals surface area contributed by atoms with Gasteiger partial charge < -0.3 is 14.5 Å². The molecule has 0 aliphatic carbocycles. The number of carbonyl (C=O) groups excluding carboxylic acids is 1. The summed E-state index contributed by atoms with van der Waals surface area (Å²) in [6.45, 7) is 7.38. The Hall–Kier alpha value is -3.91. The van der Waals surface area contributed by atoms with Gasteiger partial charge >= 0.3 is 5.97 Å². The van der Waals surface area contributed by atoms with Gasteiger partial charge in [0.25, 0.3) is 5.56 Å². The SMILES string of the molecule is COc1ccc(C2C(C(=O)OC(C)C)=C(C)N=c3s/c(=C\c4c(C)[nH]c5ccccc45)c(=O)n32)cc1. The first kappa shape index (κ1) is 23.8. The summed E-state index contributed by atoms with van der Waals surface area (Å²) < 4.78 is 13.0. The monoisotopic (exact) mass is 501 g/mol. The molecule has 7 nitrogen and oxygen atoms in total. The van der Waals surface area contributed by atoms with Gasteiger partial charge in [0.2, 0.25) is 0 Å². The Labute approximate surface area is 212 Å². The van der Waals surface area contributed by atoms with E-state index in [0.717, 1.165) is 27.7 Å². The lowest BCUT2D eigenvalue weighted by molar-refractivity contribution is -0.143. The predicted octanol–water partition coefficient (Wildman–Crippen LogP) is 3.99. The quantitative estimate of drug-likeness (QED) is 0.419. The Balaban J connectivity index is 1.74. The molecule has 5 rings (SSSR count). The van der Waals surface area contributed by atoms with Gasteiger partial charge in [0.15, 0.2) is 4.80 Å². The van der Waals surface area contributed by atoms with E-state index in [-0.39, 0.29) is 11.7 Å². The van der Waals surface area contributed by atoms with Crippen molar-refractivity contribution in [1.82, 2.24) is 9.55 Å². The predicted molar refractivity (Wildman–Crippen MR) is 141 cm³/mol. The van der Waals surface area contributed by atoms with Crippen LogP contribution in [-0.2, 0) is 9.53 Å². The second kappa shape index (κ2) is 9.28. The Morgan fingerprint density at radius 2 is 1.86 bits per heavy atom. The van der Waals surface area contributed by atoms with Crippen LogP contribution >= 0.6 is 11.3 Å². The van der Waals surface area contributed by atoms with Crippen LogP contribution in [0.1, 0.15) is 43.6 Å². The number of methoxy groups -OCH3 is 1. The zero-order chi connectivity index (χ0) is 25.6. The Morgan fingerprint density at radius 1 is 1.14 bits per heavy atom. The molecule has 1 aliphatic rings. The largest absolute Gasteiger partial charge is 0.497 e. The minimum absolute atomic E-state index is 0.202. The summed E-state index contributed by atoms with van der Waals surface area (Å²) in [5.41, 5.74) is 4.43. The third-order valence-electron chi connectivity index (χ3n) is 6.23. The highest BCUT2D eigenvalue weighted by atomic mass is 32.1. The molecule has 2 aromatic carbocycles. The average Bonchev–Trinajstić information content (AvgIpc) is 3.33. The van der Waals surface area contributed by atoms with Crippen LogP contribution < -0.4 is 19.6 Å². The molecule has 184 valence electrons. The minimum Gasteiger partial charge on any atom is -0.497 e. The second-order valence-electron chi connectivity index (χ2n) is 9.02. The minimum atomic E-state index is -0.662. The Kier molecular flexibility index (Phi) is 6.14. The topological polar surface area (TPSA) is 85.7 Å². The molecule has 0 spiro atoms. The zero-order valence-electron chi connectivity index (χ0n) is 20.8. The first-order chi connectivity index (χ1) is 17.3. The van der Waals surface area contributed by atoms with Gasteiger partial charge in [0, 0.05) is 22.2 Å². The maximum absolute atomic E-state index is 13.9. The van der Waals surface area contributed by atoms with Gasteiger partial charge in [-0.2, -0.15) is 0 Å². The molecular weight excluding hydrogens is 474 g/mol. The van der Waals surface area contributed by atoms with E-state index in [1.807, 2.05) is 61.5 Å². The molecule has 2 aromatic heterocycles. The number of esters is 1. The molecule has 0 amide bonds. The lowest BCUT2D eigenvalue weighted by Crippen LogP contribution is -2.40. The van der Waals surface area contributed by atoms with Gasteiger partial charge in [-0.25, -0.2) is 9.79 Å². The second-order valence-corrected chi connectivity index (χ2v) is 10.0. The highest BCUT2D eigenvalue weighted by Gasteiger charge is 2.33. The van der Waals surface area contributed by atoms with E-state index in [4.69, 9.17) is 9.47 Å². The van der Waals surface area contributed by atoms with Gasteiger partial charge in [-0.15, -0.1) is 0 Å². The van der Waals surface area contributed by atoms with Crippen LogP contribution in [0.25, 0.3) is 17.0 Å². The summed E-state index contributed by atoms with van der Waals surface area (Å²) in [6, 6.07) is 14.7. The summed E-state index contributed by atoms with van der Waals surface area (Å²) in [5.74, 6) is 0.210. The van der Waals surface area contributed by atoms with E-state index in [1.165, 1.54) is 11.3 Å². The van der Waals surface area contributed by atoms with Crippen LogP contribution in [0.5, 0.6) is 5.75 Å². The molecule has 0 radical (unpaired) electrons. The molecule has 0 bridgehead atoms. The van der Waals surface area contributed by atoms with E-state index >= 15 is 0 Å². The number of thiazole rings is 1. The summed E-state index contributed by atoms with van der Waals surface area (Å²) in [7, 11) is 1.60. The maximum Gasteiger partial charge on any atom is 0.338 e. The van der Waals surface area contributed by atoms with Crippen LogP contribution in [0.15, 0.2) is 69.6 Å². The lowest BCUT2D eigenvalue weighted by atomic mass is 9.96. The number of hydrogen-bond acceptors (Lipinski definition) is 6. The molecule has 0 saturated carbocycles. The molecule has 4 aromatic rings. The van der Waals surface area contributed by atoms with E-state index < -0.39 is 12.0 Å². The summed E-state index contributed by atoms with van der Waals surface area (Å²) in [4.78, 5) is 35.7. The molecule has 8 heteroatoms. The van der Waals surface area contributed by atoms with Gasteiger partial charge in [-0.05, 0) is 57.5 Å². The van der Waals surface area contributed by atoms with Crippen molar-refractivity contribution in [2.75, 3.05) is 7.11 Å². The fourth-order valence-corrected chi connectivity index (χ4v) is 5.61. The number of aryl methyl sites for hydroxylation is 1. The molecule has 1 atom stereocenters. The third kappa shape index (κ3) is 4.07. The maximum atomic E-state index is 13.9. The molecule has 0 fully saturated rings. The number of para-hydroxylation sites is 1.